The van der Waals surface area contributed by atoms with E-state index in [4.69, 9.17) is 4.74 Å². The second-order valence-corrected chi connectivity index (χ2v) is 7.87. The first-order valence-corrected chi connectivity index (χ1v) is 9.10. The number of ether oxygens (including phenoxy) is 1. The fourth-order valence-electron chi connectivity index (χ4n) is 3.77. The van der Waals surface area contributed by atoms with Crippen molar-refractivity contribution in [3.05, 3.63) is 35.5 Å². The zero-order valence-corrected chi connectivity index (χ0v) is 15.7. The highest BCUT2D eigenvalue weighted by Gasteiger charge is 2.60. The average molecular weight is 343 g/mol. The monoisotopic (exact) mass is 343 g/mol. The molecular formula is C20H29N3O2. The van der Waals surface area contributed by atoms with Crippen LogP contribution in [0.15, 0.2) is 30.0 Å². The fraction of sp³-hybridized carbons (Fsp3) is 0.600. The fourth-order valence-corrected chi connectivity index (χ4v) is 3.77. The molecule has 25 heavy (non-hydrogen) atoms. The summed E-state index contributed by atoms with van der Waals surface area (Å²) < 4.78 is 5.42. The van der Waals surface area contributed by atoms with Crippen molar-refractivity contribution in [3.8, 4) is 0 Å². The number of amides is 1. The van der Waals surface area contributed by atoms with E-state index in [0.29, 0.717) is 12.5 Å². The van der Waals surface area contributed by atoms with Crippen molar-refractivity contribution < 1.29 is 9.53 Å². The molecule has 0 bridgehead atoms. The van der Waals surface area contributed by atoms with Gasteiger partial charge in [0.25, 0.3) is 0 Å². The van der Waals surface area contributed by atoms with E-state index in [1.807, 2.05) is 18.3 Å². The average Bonchev–Trinajstić information content (AvgIpc) is 3.13. The molecule has 2 heterocycles. The van der Waals surface area contributed by atoms with Crippen LogP contribution < -0.4 is 10.2 Å². The molecule has 1 amide bonds. The van der Waals surface area contributed by atoms with E-state index in [2.05, 4.69) is 49.0 Å². The van der Waals surface area contributed by atoms with Crippen LogP contribution >= 0.6 is 0 Å². The largest absolute Gasteiger partial charge is 0.378 e. The first-order valence-electron chi connectivity index (χ1n) is 9.10. The maximum atomic E-state index is 12.7. The van der Waals surface area contributed by atoms with Crippen LogP contribution in [0.3, 0.4) is 0 Å². The Balaban J connectivity index is 1.64. The predicted molar refractivity (Wildman–Crippen MR) is 99.3 cm³/mol. The van der Waals surface area contributed by atoms with Gasteiger partial charge < -0.3 is 15.0 Å². The van der Waals surface area contributed by atoms with Gasteiger partial charge in [0.05, 0.1) is 19.1 Å². The lowest BCUT2D eigenvalue weighted by atomic mass is 10.1. The molecule has 1 saturated carbocycles. The number of anilines is 1. The summed E-state index contributed by atoms with van der Waals surface area (Å²) in [6.45, 7) is 12.2. The van der Waals surface area contributed by atoms with Crippen LogP contribution in [0, 0.1) is 17.3 Å². The SMILES string of the molecule is CC(C)=CC1C(C(=O)NCc2cccnc2N2CCOCC2)C1(C)C. The highest BCUT2D eigenvalue weighted by atomic mass is 16.5. The Morgan fingerprint density at radius 3 is 2.80 bits per heavy atom. The third-order valence-corrected chi connectivity index (χ3v) is 5.34. The number of carbonyl (C=O) groups is 1. The Kier molecular flexibility index (Phi) is 5.13. The van der Waals surface area contributed by atoms with Gasteiger partial charge in [0.15, 0.2) is 0 Å². The number of hydrogen-bond acceptors (Lipinski definition) is 4. The van der Waals surface area contributed by atoms with Crippen molar-refractivity contribution in [3.63, 3.8) is 0 Å². The zero-order valence-electron chi connectivity index (χ0n) is 15.7. The zero-order chi connectivity index (χ0) is 18.0. The van der Waals surface area contributed by atoms with Crippen LogP contribution in [0.25, 0.3) is 0 Å². The van der Waals surface area contributed by atoms with Gasteiger partial charge in [-0.25, -0.2) is 4.98 Å². The summed E-state index contributed by atoms with van der Waals surface area (Å²) >= 11 is 0. The highest BCUT2D eigenvalue weighted by molar-refractivity contribution is 5.83. The number of nitrogens with one attached hydrogen (secondary N) is 1. The second-order valence-electron chi connectivity index (χ2n) is 7.87. The molecule has 0 aromatic carbocycles. The molecule has 1 N–H and O–H groups in total. The molecule has 1 saturated heterocycles. The molecule has 136 valence electrons. The Morgan fingerprint density at radius 2 is 2.12 bits per heavy atom. The van der Waals surface area contributed by atoms with Crippen molar-refractivity contribution in [2.24, 2.45) is 17.3 Å². The molecule has 5 heteroatoms. The summed E-state index contributed by atoms with van der Waals surface area (Å²) in [6, 6.07) is 3.97. The third kappa shape index (κ3) is 3.87. The van der Waals surface area contributed by atoms with Crippen molar-refractivity contribution in [2.75, 3.05) is 31.2 Å². The van der Waals surface area contributed by atoms with Crippen molar-refractivity contribution in [1.82, 2.24) is 10.3 Å². The van der Waals surface area contributed by atoms with E-state index in [0.717, 1.165) is 37.7 Å². The summed E-state index contributed by atoms with van der Waals surface area (Å²) in [6.07, 6.45) is 4.04. The Morgan fingerprint density at radius 1 is 1.40 bits per heavy atom. The predicted octanol–water partition coefficient (Wildman–Crippen LogP) is 2.77. The van der Waals surface area contributed by atoms with E-state index in [-0.39, 0.29) is 17.2 Å². The number of morpholine rings is 1. The standard InChI is InChI=1S/C20H29N3O2/c1-14(2)12-16-17(20(16,3)4)19(24)22-13-15-6-5-7-21-18(15)23-8-10-25-11-9-23/h5-7,12,16-17H,8-11,13H2,1-4H3,(H,22,24). The highest BCUT2D eigenvalue weighted by Crippen LogP contribution is 2.59. The molecular weight excluding hydrogens is 314 g/mol. The van der Waals surface area contributed by atoms with E-state index in [1.54, 1.807) is 0 Å². The minimum atomic E-state index is 0.0450. The number of nitrogens with zero attached hydrogens (tertiary/aromatic N) is 2. The summed E-state index contributed by atoms with van der Waals surface area (Å²) in [5.74, 6) is 1.50. The van der Waals surface area contributed by atoms with Gasteiger partial charge >= 0.3 is 0 Å². The second kappa shape index (κ2) is 7.16. The van der Waals surface area contributed by atoms with Crippen LogP contribution in [0.4, 0.5) is 5.82 Å². The number of allylic oxidation sites excluding steroid dienone is 2. The van der Waals surface area contributed by atoms with E-state index in [9.17, 15) is 4.79 Å². The van der Waals surface area contributed by atoms with Gasteiger partial charge in [0.1, 0.15) is 5.82 Å². The van der Waals surface area contributed by atoms with Crippen molar-refractivity contribution in [2.45, 2.75) is 34.2 Å². The maximum Gasteiger partial charge on any atom is 0.224 e. The third-order valence-electron chi connectivity index (χ3n) is 5.34. The summed E-state index contributed by atoms with van der Waals surface area (Å²) in [5.41, 5.74) is 2.38. The molecule has 1 aliphatic carbocycles. The van der Waals surface area contributed by atoms with E-state index >= 15 is 0 Å². The van der Waals surface area contributed by atoms with Crippen molar-refractivity contribution in [1.29, 1.82) is 0 Å². The van der Waals surface area contributed by atoms with Crippen LogP contribution in [-0.2, 0) is 16.1 Å². The maximum absolute atomic E-state index is 12.7. The lowest BCUT2D eigenvalue weighted by molar-refractivity contribution is -0.123. The topological polar surface area (TPSA) is 54.5 Å². The van der Waals surface area contributed by atoms with Crippen LogP contribution in [0.2, 0.25) is 0 Å². The molecule has 0 radical (unpaired) electrons. The molecule has 3 rings (SSSR count). The van der Waals surface area contributed by atoms with Gasteiger partial charge in [-0.2, -0.15) is 0 Å². The quantitative estimate of drug-likeness (QED) is 0.835. The Bertz CT molecular complexity index is 659. The smallest absolute Gasteiger partial charge is 0.224 e. The molecule has 5 nitrogen and oxygen atoms in total. The minimum Gasteiger partial charge on any atom is -0.378 e. The number of rotatable bonds is 5. The number of hydrogen-bond donors (Lipinski definition) is 1. The minimum absolute atomic E-state index is 0.0450. The molecule has 1 aliphatic heterocycles. The molecule has 2 fully saturated rings. The van der Waals surface area contributed by atoms with Gasteiger partial charge in [-0.3, -0.25) is 4.79 Å². The summed E-state index contributed by atoms with van der Waals surface area (Å²) in [7, 11) is 0. The van der Waals surface area contributed by atoms with E-state index in [1.165, 1.54) is 5.57 Å². The van der Waals surface area contributed by atoms with Gasteiger partial charge in [-0.15, -0.1) is 0 Å². The first-order chi connectivity index (χ1) is 11.9. The van der Waals surface area contributed by atoms with Crippen LogP contribution in [0.1, 0.15) is 33.3 Å². The molecule has 2 unspecified atom stereocenters. The summed E-state index contributed by atoms with van der Waals surface area (Å²) in [5, 5.41) is 3.13. The Labute approximate surface area is 150 Å². The molecule has 1 aromatic rings. The number of aromatic nitrogens is 1. The molecule has 1 aromatic heterocycles. The first kappa shape index (κ1) is 17.9. The summed E-state index contributed by atoms with van der Waals surface area (Å²) in [4.78, 5) is 19.4. The van der Waals surface area contributed by atoms with Crippen LogP contribution in [-0.4, -0.2) is 37.2 Å². The Hall–Kier alpha value is -1.88. The lowest BCUT2D eigenvalue weighted by Crippen LogP contribution is -2.38. The van der Waals surface area contributed by atoms with Crippen molar-refractivity contribution >= 4 is 11.7 Å². The lowest BCUT2D eigenvalue weighted by Gasteiger charge is -2.29. The molecule has 2 aliphatic rings. The molecule has 2 atom stereocenters. The van der Waals surface area contributed by atoms with Crippen LogP contribution in [0.5, 0.6) is 0 Å². The number of pyridine rings is 1. The van der Waals surface area contributed by atoms with Gasteiger partial charge in [-0.05, 0) is 31.2 Å². The number of carbonyl (C=O) groups excluding carboxylic acids is 1. The van der Waals surface area contributed by atoms with Gasteiger partial charge in [0.2, 0.25) is 5.91 Å². The van der Waals surface area contributed by atoms with Gasteiger partial charge in [-0.1, -0.05) is 31.6 Å². The van der Waals surface area contributed by atoms with E-state index < -0.39 is 0 Å². The normalized spacial score (nSPS) is 24.6. The van der Waals surface area contributed by atoms with Gasteiger partial charge in [0, 0.05) is 31.4 Å². The molecule has 0 spiro atoms.